The number of aromatic nitrogens is 4. The number of halogens is 2. The van der Waals surface area contributed by atoms with Crippen LogP contribution < -0.4 is 10.3 Å². The molecule has 1 aromatic carbocycles. The van der Waals surface area contributed by atoms with Crippen molar-refractivity contribution in [3.05, 3.63) is 52.2 Å². The van der Waals surface area contributed by atoms with Gasteiger partial charge in [0.25, 0.3) is 5.56 Å². The Hall–Kier alpha value is -2.81. The molecule has 0 aliphatic rings. The minimum Gasteiger partial charge on any atom is -0.435 e. The summed E-state index contributed by atoms with van der Waals surface area (Å²) in [5.41, 5.74) is 1.23. The number of H-pyrrole nitrogens is 1. The number of rotatable bonds is 6. The third kappa shape index (κ3) is 4.00. The molecule has 0 amide bonds. The van der Waals surface area contributed by atoms with E-state index in [1.807, 2.05) is 11.9 Å². The zero-order valence-electron chi connectivity index (χ0n) is 13.7. The first-order valence-corrected chi connectivity index (χ1v) is 7.55. The van der Waals surface area contributed by atoms with Gasteiger partial charge < -0.3 is 9.72 Å². The zero-order valence-corrected chi connectivity index (χ0v) is 13.7. The van der Waals surface area contributed by atoms with Crippen LogP contribution in [0.2, 0.25) is 0 Å². The smallest absolute Gasteiger partial charge is 0.387 e. The van der Waals surface area contributed by atoms with Crippen LogP contribution in [0.15, 0.2) is 35.3 Å². The van der Waals surface area contributed by atoms with E-state index >= 15 is 0 Å². The fourth-order valence-electron chi connectivity index (χ4n) is 2.55. The van der Waals surface area contributed by atoms with Crippen molar-refractivity contribution in [3.63, 3.8) is 0 Å². The number of hydrogen-bond acceptors (Lipinski definition) is 5. The van der Waals surface area contributed by atoms with Crippen molar-refractivity contribution in [2.45, 2.75) is 19.7 Å². The molecule has 3 aromatic rings. The average Bonchev–Trinajstić information content (AvgIpc) is 2.91. The first-order valence-electron chi connectivity index (χ1n) is 7.55. The second-order valence-electron chi connectivity index (χ2n) is 5.71. The van der Waals surface area contributed by atoms with Gasteiger partial charge in [-0.25, -0.2) is 4.98 Å². The van der Waals surface area contributed by atoms with Gasteiger partial charge in [0.15, 0.2) is 5.65 Å². The lowest BCUT2D eigenvalue weighted by atomic mass is 10.2. The minimum atomic E-state index is -2.83. The van der Waals surface area contributed by atoms with E-state index in [1.54, 1.807) is 23.9 Å². The van der Waals surface area contributed by atoms with Crippen LogP contribution in [0.25, 0.3) is 11.0 Å². The highest BCUT2D eigenvalue weighted by molar-refractivity contribution is 5.72. The predicted molar refractivity (Wildman–Crippen MR) is 87.4 cm³/mol. The number of hydrogen-bond donors (Lipinski definition) is 1. The Bertz CT molecular complexity index is 920. The fraction of sp³-hybridized carbons (Fsp3) is 0.312. The van der Waals surface area contributed by atoms with Gasteiger partial charge in [0, 0.05) is 13.6 Å². The number of aromatic amines is 1. The third-order valence-corrected chi connectivity index (χ3v) is 3.67. The summed E-state index contributed by atoms with van der Waals surface area (Å²) in [5.74, 6) is 0.648. The van der Waals surface area contributed by atoms with Gasteiger partial charge in [-0.05, 0) is 24.7 Å². The monoisotopic (exact) mass is 349 g/mol. The minimum absolute atomic E-state index is 0.119. The van der Waals surface area contributed by atoms with Crippen LogP contribution in [0.3, 0.4) is 0 Å². The maximum atomic E-state index is 12.1. The average molecular weight is 349 g/mol. The van der Waals surface area contributed by atoms with Crippen molar-refractivity contribution < 1.29 is 13.5 Å². The lowest BCUT2D eigenvalue weighted by Gasteiger charge is -2.16. The summed E-state index contributed by atoms with van der Waals surface area (Å²) >= 11 is 0. The van der Waals surface area contributed by atoms with Crippen molar-refractivity contribution in [1.29, 1.82) is 0 Å². The van der Waals surface area contributed by atoms with Crippen LogP contribution in [0.4, 0.5) is 8.78 Å². The predicted octanol–water partition coefficient (Wildman–Crippen LogP) is 1.89. The summed E-state index contributed by atoms with van der Waals surface area (Å²) in [6.07, 6.45) is 1.48. The van der Waals surface area contributed by atoms with Crippen molar-refractivity contribution in [3.8, 4) is 5.75 Å². The molecule has 0 fully saturated rings. The molecule has 0 atom stereocenters. The molecule has 25 heavy (non-hydrogen) atoms. The number of fused-ring (bicyclic) bond motifs is 1. The Kier molecular flexibility index (Phi) is 4.75. The maximum Gasteiger partial charge on any atom is 0.387 e. The molecule has 0 aliphatic carbocycles. The van der Waals surface area contributed by atoms with E-state index in [0.29, 0.717) is 29.9 Å². The molecule has 9 heteroatoms. The summed E-state index contributed by atoms with van der Waals surface area (Å²) < 4.78 is 30.2. The van der Waals surface area contributed by atoms with Crippen LogP contribution in [0, 0.1) is 0 Å². The van der Waals surface area contributed by atoms with Crippen LogP contribution >= 0.6 is 0 Å². The molecule has 0 bridgehead atoms. The number of nitrogens with one attached hydrogen (secondary N) is 1. The molecule has 7 nitrogen and oxygen atoms in total. The van der Waals surface area contributed by atoms with Crippen molar-refractivity contribution >= 4 is 11.0 Å². The molecule has 0 spiro atoms. The first-order chi connectivity index (χ1) is 11.9. The lowest BCUT2D eigenvalue weighted by Crippen LogP contribution is -2.22. The van der Waals surface area contributed by atoms with Gasteiger partial charge in [0.05, 0.1) is 12.7 Å². The van der Waals surface area contributed by atoms with E-state index < -0.39 is 6.61 Å². The number of aryl methyl sites for hydroxylation is 1. The fourth-order valence-corrected chi connectivity index (χ4v) is 2.55. The van der Waals surface area contributed by atoms with Crippen molar-refractivity contribution in [2.75, 3.05) is 7.05 Å². The zero-order chi connectivity index (χ0) is 18.0. The first kappa shape index (κ1) is 17.0. The van der Waals surface area contributed by atoms with Crippen LogP contribution in [0.1, 0.15) is 11.4 Å². The second-order valence-corrected chi connectivity index (χ2v) is 5.71. The van der Waals surface area contributed by atoms with Crippen LogP contribution in [-0.4, -0.2) is 38.3 Å². The van der Waals surface area contributed by atoms with Crippen molar-refractivity contribution in [2.24, 2.45) is 7.05 Å². The Morgan fingerprint density at radius 1 is 1.28 bits per heavy atom. The molecule has 3 rings (SSSR count). The molecule has 0 saturated carbocycles. The quantitative estimate of drug-likeness (QED) is 0.735. The number of nitrogens with zero attached hydrogens (tertiary/aromatic N) is 4. The highest BCUT2D eigenvalue weighted by atomic mass is 19.3. The number of benzene rings is 1. The van der Waals surface area contributed by atoms with Gasteiger partial charge in [-0.3, -0.25) is 14.4 Å². The molecule has 2 heterocycles. The van der Waals surface area contributed by atoms with E-state index in [4.69, 9.17) is 0 Å². The molecular formula is C16H17F2N5O2. The maximum absolute atomic E-state index is 12.1. The molecule has 132 valence electrons. The molecule has 0 unspecified atom stereocenters. The standard InChI is InChI=1S/C16H17F2N5O2/c1-22(8-10-3-5-11(6-4-10)25-16(17)18)9-13-20-14-12(15(24)21-13)7-19-23(14)2/h3-7,16H,8-9H2,1-2H3,(H,20,21,24). The topological polar surface area (TPSA) is 76.0 Å². The van der Waals surface area contributed by atoms with Gasteiger partial charge in [0.1, 0.15) is 17.0 Å². The summed E-state index contributed by atoms with van der Waals surface area (Å²) in [7, 11) is 3.60. The van der Waals surface area contributed by atoms with Crippen LogP contribution in [-0.2, 0) is 20.1 Å². The molecule has 0 aliphatic heterocycles. The Morgan fingerprint density at radius 3 is 2.68 bits per heavy atom. The van der Waals surface area contributed by atoms with Gasteiger partial charge in [-0.15, -0.1) is 0 Å². The number of ether oxygens (including phenoxy) is 1. The van der Waals surface area contributed by atoms with E-state index in [0.717, 1.165) is 5.56 Å². The Morgan fingerprint density at radius 2 is 2.00 bits per heavy atom. The summed E-state index contributed by atoms with van der Waals surface area (Å²) in [6.45, 7) is -1.85. The highest BCUT2D eigenvalue weighted by Gasteiger charge is 2.10. The molecule has 0 saturated heterocycles. The molecule has 0 radical (unpaired) electrons. The van der Waals surface area contributed by atoms with Crippen LogP contribution in [0.5, 0.6) is 5.75 Å². The number of alkyl halides is 2. The molecular weight excluding hydrogens is 332 g/mol. The van der Waals surface area contributed by atoms with Gasteiger partial charge in [-0.1, -0.05) is 12.1 Å². The summed E-state index contributed by atoms with van der Waals surface area (Å²) in [6, 6.07) is 6.43. The van der Waals surface area contributed by atoms with Gasteiger partial charge in [-0.2, -0.15) is 13.9 Å². The van der Waals surface area contributed by atoms with E-state index in [1.165, 1.54) is 18.3 Å². The van der Waals surface area contributed by atoms with E-state index in [-0.39, 0.29) is 11.3 Å². The normalized spacial score (nSPS) is 11.6. The SMILES string of the molecule is CN(Cc1ccc(OC(F)F)cc1)Cc1nc2c(cnn2C)c(=O)[nH]1. The summed E-state index contributed by atoms with van der Waals surface area (Å²) in [5, 5.41) is 4.48. The van der Waals surface area contributed by atoms with Gasteiger partial charge >= 0.3 is 6.61 Å². The Labute approximate surface area is 141 Å². The van der Waals surface area contributed by atoms with E-state index in [2.05, 4.69) is 19.8 Å². The second kappa shape index (κ2) is 6.98. The third-order valence-electron chi connectivity index (χ3n) is 3.67. The Balaban J connectivity index is 1.69. The largest absolute Gasteiger partial charge is 0.435 e. The summed E-state index contributed by atoms with van der Waals surface area (Å²) in [4.78, 5) is 21.2. The highest BCUT2D eigenvalue weighted by Crippen LogP contribution is 2.16. The van der Waals surface area contributed by atoms with Gasteiger partial charge in [0.2, 0.25) is 0 Å². The molecule has 1 N–H and O–H groups in total. The lowest BCUT2D eigenvalue weighted by molar-refractivity contribution is -0.0498. The van der Waals surface area contributed by atoms with Crippen molar-refractivity contribution in [1.82, 2.24) is 24.6 Å². The van der Waals surface area contributed by atoms with E-state index in [9.17, 15) is 13.6 Å². The molecule has 2 aromatic heterocycles.